The van der Waals surface area contributed by atoms with Gasteiger partial charge in [-0.1, -0.05) is 0 Å². The lowest BCUT2D eigenvalue weighted by atomic mass is 10.3. The number of halogens is 1. The highest BCUT2D eigenvalue weighted by atomic mass is 79.9. The number of methoxy groups -OCH3 is 1. The number of carbonyl (C=O) groups excluding carboxylic acids is 1. The zero-order valence-electron chi connectivity index (χ0n) is 13.6. The summed E-state index contributed by atoms with van der Waals surface area (Å²) in [7, 11) is 1.60. The monoisotopic (exact) mass is 411 g/mol. The molecule has 9 heteroatoms. The molecular formula is C16H18BrN3O5. The van der Waals surface area contributed by atoms with Crippen molar-refractivity contribution in [3.8, 4) is 0 Å². The number of amides is 1. The molecule has 0 saturated carbocycles. The summed E-state index contributed by atoms with van der Waals surface area (Å²) in [6, 6.07) is 7.81. The molecule has 0 saturated heterocycles. The SMILES string of the molecule is COCCN(CC(=O)Nc1ccc([N+](=O)[O-])cc1Br)Cc1ccco1. The fourth-order valence-electron chi connectivity index (χ4n) is 2.17. The number of nitrogens with one attached hydrogen (secondary N) is 1. The van der Waals surface area contributed by atoms with Crippen LogP contribution in [0.25, 0.3) is 0 Å². The summed E-state index contributed by atoms with van der Waals surface area (Å²) in [5.41, 5.74) is 0.421. The molecule has 1 N–H and O–H groups in total. The third kappa shape index (κ3) is 5.96. The van der Waals surface area contributed by atoms with Crippen molar-refractivity contribution in [1.29, 1.82) is 0 Å². The normalized spacial score (nSPS) is 10.8. The Kier molecular flexibility index (Phi) is 7.11. The fraction of sp³-hybridized carbons (Fsp3) is 0.312. The van der Waals surface area contributed by atoms with Crippen LogP contribution in [0.4, 0.5) is 11.4 Å². The fourth-order valence-corrected chi connectivity index (χ4v) is 2.63. The van der Waals surface area contributed by atoms with Crippen LogP contribution in [0.3, 0.4) is 0 Å². The first-order chi connectivity index (χ1) is 12.0. The van der Waals surface area contributed by atoms with Crippen molar-refractivity contribution in [2.75, 3.05) is 32.1 Å². The topological polar surface area (TPSA) is 97.8 Å². The zero-order valence-corrected chi connectivity index (χ0v) is 15.2. The van der Waals surface area contributed by atoms with E-state index in [0.717, 1.165) is 5.76 Å². The zero-order chi connectivity index (χ0) is 18.2. The summed E-state index contributed by atoms with van der Waals surface area (Å²) in [4.78, 5) is 24.5. The number of anilines is 1. The maximum absolute atomic E-state index is 12.3. The van der Waals surface area contributed by atoms with Crippen molar-refractivity contribution in [3.63, 3.8) is 0 Å². The number of hydrogen-bond acceptors (Lipinski definition) is 6. The molecule has 0 spiro atoms. The molecule has 25 heavy (non-hydrogen) atoms. The number of nitrogens with zero attached hydrogens (tertiary/aromatic N) is 2. The molecule has 1 amide bonds. The van der Waals surface area contributed by atoms with Crippen LogP contribution in [0.5, 0.6) is 0 Å². The minimum absolute atomic E-state index is 0.0515. The van der Waals surface area contributed by atoms with E-state index < -0.39 is 4.92 Å². The van der Waals surface area contributed by atoms with Gasteiger partial charge in [-0.25, -0.2) is 0 Å². The molecule has 1 aromatic heterocycles. The third-order valence-electron chi connectivity index (χ3n) is 3.38. The van der Waals surface area contributed by atoms with E-state index in [1.54, 1.807) is 19.4 Å². The molecule has 0 aliphatic heterocycles. The summed E-state index contributed by atoms with van der Waals surface area (Å²) in [5.74, 6) is 0.512. The molecule has 8 nitrogen and oxygen atoms in total. The number of carbonyl (C=O) groups is 1. The number of rotatable bonds is 9. The predicted octanol–water partition coefficient (Wildman–Crippen LogP) is 3.04. The Morgan fingerprint density at radius 2 is 2.24 bits per heavy atom. The summed E-state index contributed by atoms with van der Waals surface area (Å²) in [6.45, 7) is 1.65. The second-order valence-corrected chi connectivity index (χ2v) is 6.11. The molecular weight excluding hydrogens is 394 g/mol. The smallest absolute Gasteiger partial charge is 0.270 e. The summed E-state index contributed by atoms with van der Waals surface area (Å²) >= 11 is 3.23. The lowest BCUT2D eigenvalue weighted by Gasteiger charge is -2.20. The minimum atomic E-state index is -0.494. The van der Waals surface area contributed by atoms with Crippen LogP contribution in [0.1, 0.15) is 5.76 Å². The van der Waals surface area contributed by atoms with Crippen LogP contribution in [0.15, 0.2) is 45.5 Å². The highest BCUT2D eigenvalue weighted by Gasteiger charge is 2.15. The van der Waals surface area contributed by atoms with Gasteiger partial charge in [0.15, 0.2) is 0 Å². The highest BCUT2D eigenvalue weighted by molar-refractivity contribution is 9.10. The van der Waals surface area contributed by atoms with Gasteiger partial charge in [-0.05, 0) is 34.1 Å². The Morgan fingerprint density at radius 1 is 1.44 bits per heavy atom. The van der Waals surface area contributed by atoms with Gasteiger partial charge in [0, 0.05) is 30.3 Å². The van der Waals surface area contributed by atoms with Crippen molar-refractivity contribution in [1.82, 2.24) is 4.90 Å². The van der Waals surface area contributed by atoms with Gasteiger partial charge in [0.05, 0.1) is 36.6 Å². The lowest BCUT2D eigenvalue weighted by Crippen LogP contribution is -2.35. The van der Waals surface area contributed by atoms with Gasteiger partial charge in [0.1, 0.15) is 5.76 Å². The van der Waals surface area contributed by atoms with E-state index in [9.17, 15) is 14.9 Å². The molecule has 1 aromatic carbocycles. The van der Waals surface area contributed by atoms with Crippen LogP contribution in [-0.2, 0) is 16.1 Å². The van der Waals surface area contributed by atoms with Gasteiger partial charge in [0.2, 0.25) is 5.91 Å². The largest absolute Gasteiger partial charge is 0.468 e. The Hall–Kier alpha value is -2.23. The Morgan fingerprint density at radius 3 is 2.84 bits per heavy atom. The number of furan rings is 1. The van der Waals surface area contributed by atoms with Gasteiger partial charge in [-0.2, -0.15) is 0 Å². The van der Waals surface area contributed by atoms with Crippen molar-refractivity contribution in [2.24, 2.45) is 0 Å². The number of nitro benzene ring substituents is 1. The standard InChI is InChI=1S/C16H18BrN3O5/c1-24-8-6-19(10-13-3-2-7-25-13)11-16(21)18-15-5-4-12(20(22)23)9-14(15)17/h2-5,7,9H,6,8,10-11H2,1H3,(H,18,21). The Bertz CT molecular complexity index is 721. The van der Waals surface area contributed by atoms with Crippen LogP contribution < -0.4 is 5.32 Å². The summed E-state index contributed by atoms with van der Waals surface area (Å²) < 4.78 is 10.8. The third-order valence-corrected chi connectivity index (χ3v) is 4.03. The molecule has 0 aliphatic rings. The van der Waals surface area contributed by atoms with E-state index in [-0.39, 0.29) is 18.1 Å². The minimum Gasteiger partial charge on any atom is -0.468 e. The molecule has 2 aromatic rings. The first kappa shape index (κ1) is 19.1. The molecule has 0 bridgehead atoms. The van der Waals surface area contributed by atoms with E-state index >= 15 is 0 Å². The van der Waals surface area contributed by atoms with Gasteiger partial charge >= 0.3 is 0 Å². The Balaban J connectivity index is 1.99. The van der Waals surface area contributed by atoms with Crippen molar-refractivity contribution < 1.29 is 18.9 Å². The summed E-state index contributed by atoms with van der Waals surface area (Å²) in [6.07, 6.45) is 1.58. The molecule has 1 heterocycles. The molecule has 0 radical (unpaired) electrons. The second kappa shape index (κ2) is 9.30. The van der Waals surface area contributed by atoms with Crippen LogP contribution in [-0.4, -0.2) is 42.5 Å². The average molecular weight is 412 g/mol. The van der Waals surface area contributed by atoms with Gasteiger partial charge in [-0.15, -0.1) is 0 Å². The summed E-state index contributed by atoms with van der Waals surface area (Å²) in [5, 5.41) is 13.5. The molecule has 134 valence electrons. The van der Waals surface area contributed by atoms with Gasteiger partial charge in [0.25, 0.3) is 5.69 Å². The lowest BCUT2D eigenvalue weighted by molar-refractivity contribution is -0.384. The number of hydrogen-bond donors (Lipinski definition) is 1. The second-order valence-electron chi connectivity index (χ2n) is 5.25. The maximum Gasteiger partial charge on any atom is 0.270 e. The van der Waals surface area contributed by atoms with E-state index in [2.05, 4.69) is 21.2 Å². The predicted molar refractivity (Wildman–Crippen MR) is 95.3 cm³/mol. The van der Waals surface area contributed by atoms with Crippen LogP contribution >= 0.6 is 15.9 Å². The van der Waals surface area contributed by atoms with Gasteiger partial charge < -0.3 is 14.5 Å². The maximum atomic E-state index is 12.3. The van der Waals surface area contributed by atoms with Crippen molar-refractivity contribution >= 4 is 33.2 Å². The molecule has 2 rings (SSSR count). The number of ether oxygens (including phenoxy) is 1. The molecule has 0 unspecified atom stereocenters. The molecule has 0 atom stereocenters. The highest BCUT2D eigenvalue weighted by Crippen LogP contribution is 2.27. The first-order valence-corrected chi connectivity index (χ1v) is 8.26. The molecule has 0 aliphatic carbocycles. The van der Waals surface area contributed by atoms with Crippen molar-refractivity contribution in [2.45, 2.75) is 6.54 Å². The quantitative estimate of drug-likeness (QED) is 0.502. The number of non-ortho nitro benzene ring substituents is 1. The van der Waals surface area contributed by atoms with Crippen LogP contribution in [0.2, 0.25) is 0 Å². The van der Waals surface area contributed by atoms with E-state index in [0.29, 0.717) is 29.9 Å². The van der Waals surface area contributed by atoms with Gasteiger partial charge in [-0.3, -0.25) is 19.8 Å². The van der Waals surface area contributed by atoms with E-state index in [4.69, 9.17) is 9.15 Å². The first-order valence-electron chi connectivity index (χ1n) is 7.47. The van der Waals surface area contributed by atoms with E-state index in [1.807, 2.05) is 11.0 Å². The van der Waals surface area contributed by atoms with Crippen LogP contribution in [0, 0.1) is 10.1 Å². The van der Waals surface area contributed by atoms with E-state index in [1.165, 1.54) is 18.2 Å². The number of benzene rings is 1. The number of nitro groups is 1. The van der Waals surface area contributed by atoms with Crippen molar-refractivity contribution in [3.05, 3.63) is 56.9 Å². The molecule has 0 fully saturated rings. The Labute approximate surface area is 153 Å². The average Bonchev–Trinajstić information content (AvgIpc) is 3.07.